The standard InChI is InChI=1S/C19H31NO/c1-3-5-19(14-20)18-10-9-16-12-15(6-4-11-21-2)7-8-17(16)13-18/h9-10,13,15,19H,3-8,11-12,14,20H2,1-2H3. The van der Waals surface area contributed by atoms with Crippen molar-refractivity contribution in [1.29, 1.82) is 0 Å². The van der Waals surface area contributed by atoms with Crippen LogP contribution in [0.15, 0.2) is 18.2 Å². The van der Waals surface area contributed by atoms with E-state index in [0.717, 1.165) is 19.1 Å². The first-order valence-electron chi connectivity index (χ1n) is 8.59. The molecule has 1 aromatic rings. The van der Waals surface area contributed by atoms with Crippen molar-refractivity contribution < 1.29 is 4.74 Å². The summed E-state index contributed by atoms with van der Waals surface area (Å²) in [6, 6.07) is 7.13. The number of hydrogen-bond acceptors (Lipinski definition) is 2. The molecule has 2 atom stereocenters. The molecule has 0 heterocycles. The number of nitrogens with two attached hydrogens (primary N) is 1. The fourth-order valence-electron chi connectivity index (χ4n) is 3.64. The van der Waals surface area contributed by atoms with Crippen LogP contribution in [0.3, 0.4) is 0 Å². The molecule has 0 aromatic heterocycles. The lowest BCUT2D eigenvalue weighted by atomic mass is 9.80. The van der Waals surface area contributed by atoms with Gasteiger partial charge in [0.05, 0.1) is 0 Å². The van der Waals surface area contributed by atoms with Crippen molar-refractivity contribution in [2.45, 2.75) is 57.8 Å². The molecule has 2 nitrogen and oxygen atoms in total. The van der Waals surface area contributed by atoms with Crippen LogP contribution in [0, 0.1) is 5.92 Å². The van der Waals surface area contributed by atoms with Gasteiger partial charge in [-0.25, -0.2) is 0 Å². The van der Waals surface area contributed by atoms with E-state index in [1.54, 1.807) is 18.2 Å². The van der Waals surface area contributed by atoms with Crippen LogP contribution in [0.1, 0.15) is 61.6 Å². The van der Waals surface area contributed by atoms with Gasteiger partial charge in [0.1, 0.15) is 0 Å². The molecule has 0 spiro atoms. The Hall–Kier alpha value is -0.860. The summed E-state index contributed by atoms with van der Waals surface area (Å²) in [5.41, 5.74) is 10.5. The number of rotatable bonds is 8. The highest BCUT2D eigenvalue weighted by Crippen LogP contribution is 2.31. The van der Waals surface area contributed by atoms with Crippen molar-refractivity contribution in [3.63, 3.8) is 0 Å². The van der Waals surface area contributed by atoms with E-state index in [0.29, 0.717) is 5.92 Å². The Bertz CT molecular complexity index is 430. The van der Waals surface area contributed by atoms with Gasteiger partial charge in [0.15, 0.2) is 0 Å². The summed E-state index contributed by atoms with van der Waals surface area (Å²) in [5.74, 6) is 1.39. The van der Waals surface area contributed by atoms with E-state index in [1.165, 1.54) is 50.5 Å². The van der Waals surface area contributed by atoms with Crippen LogP contribution in [-0.2, 0) is 17.6 Å². The highest BCUT2D eigenvalue weighted by Gasteiger charge is 2.19. The fraction of sp³-hybridized carbons (Fsp3) is 0.684. The number of hydrogen-bond donors (Lipinski definition) is 1. The average Bonchev–Trinajstić information content (AvgIpc) is 2.52. The van der Waals surface area contributed by atoms with Gasteiger partial charge >= 0.3 is 0 Å². The lowest BCUT2D eigenvalue weighted by Gasteiger charge is -2.26. The molecule has 0 radical (unpaired) electrons. The lowest BCUT2D eigenvalue weighted by molar-refractivity contribution is 0.185. The Morgan fingerprint density at radius 1 is 1.33 bits per heavy atom. The van der Waals surface area contributed by atoms with Crippen molar-refractivity contribution in [2.24, 2.45) is 11.7 Å². The zero-order valence-corrected chi connectivity index (χ0v) is 13.7. The molecule has 1 aliphatic carbocycles. The molecule has 0 amide bonds. The monoisotopic (exact) mass is 289 g/mol. The van der Waals surface area contributed by atoms with Crippen molar-refractivity contribution >= 4 is 0 Å². The Kier molecular flexibility index (Phi) is 6.72. The Morgan fingerprint density at radius 2 is 2.19 bits per heavy atom. The molecule has 1 aliphatic rings. The van der Waals surface area contributed by atoms with E-state index in [-0.39, 0.29) is 0 Å². The third-order valence-electron chi connectivity index (χ3n) is 4.91. The van der Waals surface area contributed by atoms with Gasteiger partial charge in [0.25, 0.3) is 0 Å². The number of ether oxygens (including phenoxy) is 1. The van der Waals surface area contributed by atoms with E-state index < -0.39 is 0 Å². The molecule has 0 saturated heterocycles. The van der Waals surface area contributed by atoms with Crippen LogP contribution < -0.4 is 5.73 Å². The molecule has 118 valence electrons. The molecule has 0 bridgehead atoms. The highest BCUT2D eigenvalue weighted by molar-refractivity contribution is 5.36. The van der Waals surface area contributed by atoms with Crippen molar-refractivity contribution in [2.75, 3.05) is 20.3 Å². The largest absolute Gasteiger partial charge is 0.385 e. The van der Waals surface area contributed by atoms with Crippen LogP contribution >= 0.6 is 0 Å². The predicted molar refractivity (Wildman–Crippen MR) is 89.8 cm³/mol. The minimum absolute atomic E-state index is 0.541. The molecule has 0 saturated carbocycles. The highest BCUT2D eigenvalue weighted by atomic mass is 16.5. The third-order valence-corrected chi connectivity index (χ3v) is 4.91. The van der Waals surface area contributed by atoms with Gasteiger partial charge in [0.2, 0.25) is 0 Å². The summed E-state index contributed by atoms with van der Waals surface area (Å²) in [6.07, 6.45) is 8.73. The van der Waals surface area contributed by atoms with E-state index in [1.807, 2.05) is 0 Å². The van der Waals surface area contributed by atoms with Gasteiger partial charge < -0.3 is 10.5 Å². The SMILES string of the molecule is CCCC(CN)c1ccc2c(c1)CCC(CCCOC)C2. The Labute approximate surface area is 130 Å². The third kappa shape index (κ3) is 4.55. The molecule has 2 rings (SSSR count). The van der Waals surface area contributed by atoms with E-state index in [2.05, 4.69) is 25.1 Å². The molecule has 0 aliphatic heterocycles. The van der Waals surface area contributed by atoms with Gasteiger partial charge in [-0.2, -0.15) is 0 Å². The predicted octanol–water partition coefficient (Wildman–Crippen LogP) is 4.06. The second kappa shape index (κ2) is 8.55. The van der Waals surface area contributed by atoms with Gasteiger partial charge in [-0.3, -0.25) is 0 Å². The minimum Gasteiger partial charge on any atom is -0.385 e. The maximum absolute atomic E-state index is 5.95. The maximum Gasteiger partial charge on any atom is 0.0462 e. The van der Waals surface area contributed by atoms with Crippen LogP contribution in [0.25, 0.3) is 0 Å². The lowest BCUT2D eigenvalue weighted by Crippen LogP contribution is -2.17. The Balaban J connectivity index is 1.99. The molecule has 2 heteroatoms. The van der Waals surface area contributed by atoms with Crippen LogP contribution in [0.4, 0.5) is 0 Å². The molecule has 2 unspecified atom stereocenters. The smallest absolute Gasteiger partial charge is 0.0462 e. The van der Waals surface area contributed by atoms with Crippen molar-refractivity contribution in [3.05, 3.63) is 34.9 Å². The van der Waals surface area contributed by atoms with Crippen molar-refractivity contribution in [1.82, 2.24) is 0 Å². The summed E-state index contributed by atoms with van der Waals surface area (Å²) in [5, 5.41) is 0. The maximum atomic E-state index is 5.95. The van der Waals surface area contributed by atoms with Crippen LogP contribution in [-0.4, -0.2) is 20.3 Å². The Morgan fingerprint density at radius 3 is 2.90 bits per heavy atom. The van der Waals surface area contributed by atoms with Gasteiger partial charge in [-0.1, -0.05) is 31.5 Å². The number of methoxy groups -OCH3 is 1. The number of benzene rings is 1. The first-order chi connectivity index (χ1) is 10.3. The normalized spacial score (nSPS) is 19.3. The quantitative estimate of drug-likeness (QED) is 0.732. The second-order valence-corrected chi connectivity index (χ2v) is 6.49. The summed E-state index contributed by atoms with van der Waals surface area (Å²) in [4.78, 5) is 0. The summed E-state index contributed by atoms with van der Waals surface area (Å²) in [6.45, 7) is 3.91. The fourth-order valence-corrected chi connectivity index (χ4v) is 3.64. The molecule has 21 heavy (non-hydrogen) atoms. The van der Waals surface area contributed by atoms with E-state index in [9.17, 15) is 0 Å². The first kappa shape index (κ1) is 16.5. The minimum atomic E-state index is 0.541. The van der Waals surface area contributed by atoms with E-state index in [4.69, 9.17) is 10.5 Å². The molecule has 1 aromatic carbocycles. The van der Waals surface area contributed by atoms with E-state index >= 15 is 0 Å². The van der Waals surface area contributed by atoms with Crippen LogP contribution in [0.2, 0.25) is 0 Å². The van der Waals surface area contributed by atoms with Crippen molar-refractivity contribution in [3.8, 4) is 0 Å². The van der Waals surface area contributed by atoms with Gasteiger partial charge in [0, 0.05) is 13.7 Å². The molecular formula is C19H31NO. The summed E-state index contributed by atoms with van der Waals surface area (Å²) >= 11 is 0. The zero-order valence-electron chi connectivity index (χ0n) is 13.7. The summed E-state index contributed by atoms with van der Waals surface area (Å²) in [7, 11) is 1.79. The number of fused-ring (bicyclic) bond motifs is 1. The zero-order chi connectivity index (χ0) is 15.1. The number of aryl methyl sites for hydroxylation is 1. The van der Waals surface area contributed by atoms with Crippen LogP contribution in [0.5, 0.6) is 0 Å². The van der Waals surface area contributed by atoms with Gasteiger partial charge in [-0.05, 0) is 73.6 Å². The molecule has 2 N–H and O–H groups in total. The molecule has 0 fully saturated rings. The summed E-state index contributed by atoms with van der Waals surface area (Å²) < 4.78 is 5.17. The molecular weight excluding hydrogens is 258 g/mol. The van der Waals surface area contributed by atoms with Gasteiger partial charge in [-0.15, -0.1) is 0 Å². The topological polar surface area (TPSA) is 35.2 Å². The average molecular weight is 289 g/mol. The second-order valence-electron chi connectivity index (χ2n) is 6.49. The first-order valence-corrected chi connectivity index (χ1v) is 8.59.